The van der Waals surface area contributed by atoms with E-state index in [1.165, 1.54) is 18.6 Å². The minimum absolute atomic E-state index is 0.193. The van der Waals surface area contributed by atoms with E-state index in [4.69, 9.17) is 15.0 Å². The molecule has 0 aliphatic heterocycles. The van der Waals surface area contributed by atoms with Gasteiger partial charge >= 0.3 is 18.1 Å². The lowest BCUT2D eigenvalue weighted by Gasteiger charge is -1.93. The standard InChI is InChI=1S/C6H11NO3S.C2HF3O2/c1-11(2,10)7-5-3-4-6(8)9;3-2(4,5)1(6)7/h3-4H,5H2,1-2H3,(H,8,9);(H,6,7)/b4-3+;. The normalized spacial score (nSPS) is 11.6. The summed E-state index contributed by atoms with van der Waals surface area (Å²) in [6.07, 6.45) is 0.257. The molecule has 0 aromatic heterocycles. The smallest absolute Gasteiger partial charge is 0.478 e. The third-order valence-corrected chi connectivity index (χ3v) is 1.76. The Morgan fingerprint density at radius 3 is 1.89 bits per heavy atom. The molecule has 0 rings (SSSR count). The summed E-state index contributed by atoms with van der Waals surface area (Å²) in [5.41, 5.74) is 0. The lowest BCUT2D eigenvalue weighted by Crippen LogP contribution is -2.21. The van der Waals surface area contributed by atoms with E-state index in [0.717, 1.165) is 6.08 Å². The van der Waals surface area contributed by atoms with Gasteiger partial charge in [-0.25, -0.2) is 14.0 Å². The van der Waals surface area contributed by atoms with Crippen molar-refractivity contribution in [2.45, 2.75) is 6.18 Å². The predicted molar refractivity (Wildman–Crippen MR) is 57.8 cm³/mol. The van der Waals surface area contributed by atoms with E-state index >= 15 is 0 Å². The van der Waals surface area contributed by atoms with Gasteiger partial charge in [-0.15, -0.1) is 0 Å². The van der Waals surface area contributed by atoms with Crippen LogP contribution in [-0.4, -0.2) is 51.6 Å². The van der Waals surface area contributed by atoms with Gasteiger partial charge in [0, 0.05) is 28.3 Å². The Kier molecular flexibility index (Phi) is 8.02. The lowest BCUT2D eigenvalue weighted by atomic mass is 10.5. The third-order valence-electron chi connectivity index (χ3n) is 0.994. The highest BCUT2D eigenvalue weighted by Gasteiger charge is 2.38. The first-order chi connectivity index (χ1) is 7.86. The maximum Gasteiger partial charge on any atom is 0.490 e. The summed E-state index contributed by atoms with van der Waals surface area (Å²) < 4.78 is 46.3. The van der Waals surface area contributed by atoms with Gasteiger partial charge in [-0.1, -0.05) is 6.08 Å². The third kappa shape index (κ3) is 16.8. The summed E-state index contributed by atoms with van der Waals surface area (Å²) in [5.74, 6) is -3.77. The number of carboxylic acid groups (broad SMARTS) is 2. The van der Waals surface area contributed by atoms with Crippen LogP contribution in [0.4, 0.5) is 13.2 Å². The topological polar surface area (TPSA) is 104 Å². The van der Waals surface area contributed by atoms with Crippen LogP contribution in [-0.2, 0) is 19.3 Å². The highest BCUT2D eigenvalue weighted by atomic mass is 32.2. The Morgan fingerprint density at radius 2 is 1.67 bits per heavy atom. The summed E-state index contributed by atoms with van der Waals surface area (Å²) in [5, 5.41) is 15.3. The molecular formula is C8H12F3NO5S. The van der Waals surface area contributed by atoms with Gasteiger partial charge in [-0.2, -0.15) is 13.2 Å². The fourth-order valence-electron chi connectivity index (χ4n) is 0.376. The molecule has 0 radical (unpaired) electrons. The minimum Gasteiger partial charge on any atom is -0.478 e. The SMILES string of the molecule is CS(C)(=O)=NC/C=C/C(=O)O.O=C(O)C(F)(F)F. The fraction of sp³-hybridized carbons (Fsp3) is 0.500. The van der Waals surface area contributed by atoms with Crippen molar-refractivity contribution < 1.29 is 37.2 Å². The summed E-state index contributed by atoms with van der Waals surface area (Å²) in [4.78, 5) is 18.8. The van der Waals surface area contributed by atoms with E-state index in [0.29, 0.717) is 0 Å². The van der Waals surface area contributed by atoms with Crippen molar-refractivity contribution in [1.29, 1.82) is 0 Å². The number of alkyl halides is 3. The molecule has 0 spiro atoms. The second-order valence-electron chi connectivity index (χ2n) is 3.04. The number of carbonyl (C=O) groups is 2. The minimum atomic E-state index is -5.08. The van der Waals surface area contributed by atoms with Gasteiger partial charge in [-0.3, -0.25) is 4.21 Å². The second-order valence-corrected chi connectivity index (χ2v) is 5.66. The first kappa shape index (κ1) is 18.8. The Labute approximate surface area is 101 Å². The average Bonchev–Trinajstić information content (AvgIpc) is 2.10. The number of carboxylic acids is 2. The first-order valence-electron chi connectivity index (χ1n) is 4.18. The van der Waals surface area contributed by atoms with Gasteiger partial charge in [0.1, 0.15) is 0 Å². The molecule has 18 heavy (non-hydrogen) atoms. The average molecular weight is 291 g/mol. The van der Waals surface area contributed by atoms with Crippen molar-refractivity contribution in [3.8, 4) is 0 Å². The van der Waals surface area contributed by atoms with Crippen LogP contribution in [0.5, 0.6) is 0 Å². The molecule has 0 amide bonds. The summed E-state index contributed by atoms with van der Waals surface area (Å²) in [7, 11) is -2.09. The molecule has 2 N–H and O–H groups in total. The summed E-state index contributed by atoms with van der Waals surface area (Å²) >= 11 is 0. The van der Waals surface area contributed by atoms with Crippen LogP contribution in [0.1, 0.15) is 0 Å². The van der Waals surface area contributed by atoms with Crippen LogP contribution in [0.2, 0.25) is 0 Å². The van der Waals surface area contributed by atoms with Crippen LogP contribution in [0.3, 0.4) is 0 Å². The van der Waals surface area contributed by atoms with Gasteiger partial charge in [0.15, 0.2) is 0 Å². The molecule has 10 heteroatoms. The monoisotopic (exact) mass is 291 g/mol. The van der Waals surface area contributed by atoms with Crippen molar-refractivity contribution in [3.05, 3.63) is 12.2 Å². The molecule has 6 nitrogen and oxygen atoms in total. The molecular weight excluding hydrogens is 279 g/mol. The van der Waals surface area contributed by atoms with Crippen molar-refractivity contribution in [1.82, 2.24) is 0 Å². The van der Waals surface area contributed by atoms with Crippen molar-refractivity contribution >= 4 is 21.7 Å². The fourth-order valence-corrected chi connectivity index (χ4v) is 0.821. The predicted octanol–water partition coefficient (Wildman–Crippen LogP) is 0.988. The lowest BCUT2D eigenvalue weighted by molar-refractivity contribution is -0.192. The Hall–Kier alpha value is -1.58. The van der Waals surface area contributed by atoms with Crippen molar-refractivity contribution in [3.63, 3.8) is 0 Å². The first-order valence-corrected chi connectivity index (χ1v) is 6.52. The molecule has 106 valence electrons. The van der Waals surface area contributed by atoms with E-state index < -0.39 is 27.8 Å². The number of rotatable bonds is 3. The number of nitrogens with zero attached hydrogens (tertiary/aromatic N) is 1. The molecule has 0 unspecified atom stereocenters. The van der Waals surface area contributed by atoms with Crippen molar-refractivity contribution in [2.24, 2.45) is 4.36 Å². The van der Waals surface area contributed by atoms with E-state index in [-0.39, 0.29) is 6.54 Å². The second kappa shape index (κ2) is 7.69. The van der Waals surface area contributed by atoms with Crippen molar-refractivity contribution in [2.75, 3.05) is 19.1 Å². The quantitative estimate of drug-likeness (QED) is 0.754. The van der Waals surface area contributed by atoms with Crippen LogP contribution < -0.4 is 0 Å². The molecule has 0 saturated carbocycles. The highest BCUT2D eigenvalue weighted by molar-refractivity contribution is 7.92. The maximum atomic E-state index is 10.9. The molecule has 0 aromatic rings. The van der Waals surface area contributed by atoms with Crippen LogP contribution in [0, 0.1) is 0 Å². The van der Waals surface area contributed by atoms with Gasteiger partial charge in [0.05, 0.1) is 6.54 Å². The van der Waals surface area contributed by atoms with E-state index in [1.807, 2.05) is 0 Å². The zero-order chi connectivity index (χ0) is 15.0. The van der Waals surface area contributed by atoms with Gasteiger partial charge < -0.3 is 10.2 Å². The molecule has 0 aliphatic rings. The number of halogens is 3. The number of hydrogen-bond acceptors (Lipinski definition) is 4. The summed E-state index contributed by atoms with van der Waals surface area (Å²) in [6.45, 7) is 0.193. The largest absolute Gasteiger partial charge is 0.490 e. The van der Waals surface area contributed by atoms with Gasteiger partial charge in [-0.05, 0) is 0 Å². The molecule has 0 heterocycles. The Bertz CT molecular complexity index is 427. The number of hydrogen-bond donors (Lipinski definition) is 2. The maximum absolute atomic E-state index is 10.9. The zero-order valence-electron chi connectivity index (χ0n) is 9.47. The molecule has 0 saturated heterocycles. The molecule has 0 aromatic carbocycles. The molecule has 0 bridgehead atoms. The molecule has 0 aliphatic carbocycles. The Balaban J connectivity index is 0. The van der Waals surface area contributed by atoms with Crippen LogP contribution >= 0.6 is 0 Å². The number of aliphatic carboxylic acids is 2. The van der Waals surface area contributed by atoms with Gasteiger partial charge in [0.25, 0.3) is 0 Å². The Morgan fingerprint density at radius 1 is 1.28 bits per heavy atom. The van der Waals surface area contributed by atoms with Crippen LogP contribution in [0.15, 0.2) is 16.5 Å². The van der Waals surface area contributed by atoms with E-state index in [2.05, 4.69) is 4.36 Å². The van der Waals surface area contributed by atoms with E-state index in [9.17, 15) is 22.2 Å². The van der Waals surface area contributed by atoms with Gasteiger partial charge in [0.2, 0.25) is 0 Å². The van der Waals surface area contributed by atoms with E-state index in [1.54, 1.807) is 0 Å². The zero-order valence-corrected chi connectivity index (χ0v) is 10.3. The molecule has 0 atom stereocenters. The highest BCUT2D eigenvalue weighted by Crippen LogP contribution is 2.13. The molecule has 0 fully saturated rings. The van der Waals surface area contributed by atoms with Crippen LogP contribution in [0.25, 0.3) is 0 Å². The summed E-state index contributed by atoms with van der Waals surface area (Å²) in [6, 6.07) is 0.